The van der Waals surface area contributed by atoms with Crippen LogP contribution < -0.4 is 0 Å². The van der Waals surface area contributed by atoms with Gasteiger partial charge in [-0.1, -0.05) is 62.4 Å². The maximum Gasteiger partial charge on any atom is 0.0612 e. The number of aliphatic hydroxyl groups excluding tert-OH is 1. The first-order valence-corrected chi connectivity index (χ1v) is 11.1. The summed E-state index contributed by atoms with van der Waals surface area (Å²) in [5, 5.41) is 10.8. The zero-order chi connectivity index (χ0) is 17.9. The van der Waals surface area contributed by atoms with Gasteiger partial charge in [-0.05, 0) is 52.8 Å². The molecular weight excluding hydrogens is 336 g/mol. The van der Waals surface area contributed by atoms with Crippen LogP contribution in [0.3, 0.4) is 0 Å². The van der Waals surface area contributed by atoms with Crippen molar-refractivity contribution in [2.75, 3.05) is 11.5 Å². The minimum Gasteiger partial charge on any atom is -0.392 e. The van der Waals surface area contributed by atoms with Crippen LogP contribution >= 0.6 is 11.8 Å². The number of aliphatic hydroxyl groups is 1. The van der Waals surface area contributed by atoms with Gasteiger partial charge in [-0.2, -0.15) is 11.8 Å². The van der Waals surface area contributed by atoms with Crippen LogP contribution in [-0.2, 0) is 0 Å². The van der Waals surface area contributed by atoms with Crippen LogP contribution in [0.4, 0.5) is 0 Å². The van der Waals surface area contributed by atoms with Crippen molar-refractivity contribution >= 4 is 11.8 Å². The topological polar surface area (TPSA) is 20.2 Å². The fourth-order valence-corrected chi connectivity index (χ4v) is 7.96. The van der Waals surface area contributed by atoms with Gasteiger partial charge in [-0.3, -0.25) is 0 Å². The number of hydrogen-bond donors (Lipinski definition) is 1. The summed E-state index contributed by atoms with van der Waals surface area (Å²) in [7, 11) is 0. The Morgan fingerprint density at radius 1 is 1.00 bits per heavy atom. The molecule has 3 atom stereocenters. The SMILES string of the molecule is CC1(C)C2CCC1(CSCC1c3ccccc3-c3ccccc31)C(O)C2. The predicted octanol–water partition coefficient (Wildman–Crippen LogP) is 5.72. The molecule has 3 aliphatic carbocycles. The highest BCUT2D eigenvalue weighted by Gasteiger charge is 2.63. The maximum atomic E-state index is 10.8. The van der Waals surface area contributed by atoms with E-state index in [2.05, 4.69) is 74.1 Å². The van der Waals surface area contributed by atoms with E-state index in [0.717, 1.165) is 17.9 Å². The lowest BCUT2D eigenvalue weighted by Gasteiger charge is -2.40. The summed E-state index contributed by atoms with van der Waals surface area (Å²) in [5.41, 5.74) is 6.19. The van der Waals surface area contributed by atoms with Gasteiger partial charge in [0.1, 0.15) is 0 Å². The molecule has 0 amide bonds. The fraction of sp³-hybridized carbons (Fsp3) is 0.500. The van der Waals surface area contributed by atoms with Gasteiger partial charge < -0.3 is 5.11 Å². The summed E-state index contributed by atoms with van der Waals surface area (Å²) in [6.07, 6.45) is 3.42. The second kappa shape index (κ2) is 5.87. The molecule has 2 heteroatoms. The summed E-state index contributed by atoms with van der Waals surface area (Å²) in [5.74, 6) is 3.41. The van der Waals surface area contributed by atoms with E-state index in [4.69, 9.17) is 0 Å². The molecule has 26 heavy (non-hydrogen) atoms. The average Bonchev–Trinajstić information content (AvgIpc) is 3.16. The zero-order valence-corrected chi connectivity index (χ0v) is 16.6. The molecule has 0 aromatic heterocycles. The van der Waals surface area contributed by atoms with Crippen LogP contribution in [0.25, 0.3) is 11.1 Å². The standard InChI is InChI=1S/C24H28OS/c1-23(2)16-11-12-24(23,22(25)13-16)15-26-14-21-19-9-5-3-7-17(19)18-8-4-6-10-20(18)21/h3-10,16,21-22,25H,11-15H2,1-2H3. The molecule has 2 aromatic rings. The summed E-state index contributed by atoms with van der Waals surface area (Å²) in [6.45, 7) is 4.81. The Morgan fingerprint density at radius 2 is 1.62 bits per heavy atom. The third-order valence-corrected chi connectivity index (χ3v) is 9.28. The number of benzene rings is 2. The third kappa shape index (κ3) is 2.15. The van der Waals surface area contributed by atoms with E-state index in [1.807, 2.05) is 0 Å². The molecule has 3 aliphatic rings. The van der Waals surface area contributed by atoms with Crippen molar-refractivity contribution in [3.63, 3.8) is 0 Å². The van der Waals surface area contributed by atoms with Crippen LogP contribution in [0.15, 0.2) is 48.5 Å². The molecule has 2 fully saturated rings. The van der Waals surface area contributed by atoms with E-state index < -0.39 is 0 Å². The Balaban J connectivity index is 1.38. The molecule has 0 heterocycles. The molecule has 2 saturated carbocycles. The first-order chi connectivity index (χ1) is 12.5. The highest BCUT2D eigenvalue weighted by atomic mass is 32.2. The van der Waals surface area contributed by atoms with Crippen molar-refractivity contribution in [2.24, 2.45) is 16.7 Å². The number of hydrogen-bond acceptors (Lipinski definition) is 2. The lowest BCUT2D eigenvalue weighted by Crippen LogP contribution is -2.41. The Bertz CT molecular complexity index is 796. The fourth-order valence-electron chi connectivity index (χ4n) is 6.18. The molecule has 5 rings (SSSR count). The summed E-state index contributed by atoms with van der Waals surface area (Å²) in [6, 6.07) is 17.8. The normalized spacial score (nSPS) is 31.2. The third-order valence-electron chi connectivity index (χ3n) is 8.00. The van der Waals surface area contributed by atoms with Gasteiger partial charge in [-0.15, -0.1) is 0 Å². The molecule has 0 radical (unpaired) electrons. The Labute approximate surface area is 161 Å². The van der Waals surface area contributed by atoms with Crippen LogP contribution in [0, 0.1) is 16.7 Å². The molecule has 1 nitrogen and oxygen atoms in total. The smallest absolute Gasteiger partial charge is 0.0612 e. The zero-order valence-electron chi connectivity index (χ0n) is 15.7. The van der Waals surface area contributed by atoms with Gasteiger partial charge in [0.15, 0.2) is 0 Å². The second-order valence-electron chi connectivity index (χ2n) is 9.11. The molecule has 2 aromatic carbocycles. The Kier molecular flexibility index (Phi) is 3.82. The minimum atomic E-state index is -0.105. The van der Waals surface area contributed by atoms with E-state index in [0.29, 0.717) is 11.8 Å². The van der Waals surface area contributed by atoms with E-state index in [-0.39, 0.29) is 16.9 Å². The van der Waals surface area contributed by atoms with Gasteiger partial charge in [0, 0.05) is 22.8 Å². The van der Waals surface area contributed by atoms with E-state index in [1.54, 1.807) is 0 Å². The van der Waals surface area contributed by atoms with E-state index in [1.165, 1.54) is 35.1 Å². The second-order valence-corrected chi connectivity index (χ2v) is 10.1. The lowest BCUT2D eigenvalue weighted by atomic mass is 9.70. The van der Waals surface area contributed by atoms with Crippen molar-refractivity contribution in [3.8, 4) is 11.1 Å². The van der Waals surface area contributed by atoms with Crippen molar-refractivity contribution < 1.29 is 5.11 Å². The van der Waals surface area contributed by atoms with Crippen molar-refractivity contribution in [1.82, 2.24) is 0 Å². The first-order valence-electron chi connectivity index (χ1n) is 9.99. The lowest BCUT2D eigenvalue weighted by molar-refractivity contribution is 0.0168. The first kappa shape index (κ1) is 16.9. The van der Waals surface area contributed by atoms with E-state index in [9.17, 15) is 5.11 Å². The molecule has 136 valence electrons. The van der Waals surface area contributed by atoms with Gasteiger partial charge in [0.25, 0.3) is 0 Å². The Hall–Kier alpha value is -1.25. The molecule has 2 bridgehead atoms. The largest absolute Gasteiger partial charge is 0.392 e. The van der Waals surface area contributed by atoms with Crippen LogP contribution in [0.2, 0.25) is 0 Å². The molecule has 0 aliphatic heterocycles. The van der Waals surface area contributed by atoms with Gasteiger partial charge in [0.2, 0.25) is 0 Å². The minimum absolute atomic E-state index is 0.105. The molecule has 3 unspecified atom stereocenters. The van der Waals surface area contributed by atoms with E-state index >= 15 is 0 Å². The van der Waals surface area contributed by atoms with Crippen LogP contribution in [-0.4, -0.2) is 22.7 Å². The van der Waals surface area contributed by atoms with Crippen LogP contribution in [0.5, 0.6) is 0 Å². The summed E-state index contributed by atoms with van der Waals surface area (Å²) >= 11 is 2.07. The van der Waals surface area contributed by atoms with Gasteiger partial charge in [-0.25, -0.2) is 0 Å². The monoisotopic (exact) mass is 364 g/mol. The molecular formula is C24H28OS. The quantitative estimate of drug-likeness (QED) is 0.749. The molecule has 0 saturated heterocycles. The number of thioether (sulfide) groups is 1. The molecule has 1 N–H and O–H groups in total. The average molecular weight is 365 g/mol. The van der Waals surface area contributed by atoms with Crippen LogP contribution in [0.1, 0.15) is 50.2 Å². The number of rotatable bonds is 4. The summed E-state index contributed by atoms with van der Waals surface area (Å²) < 4.78 is 0. The number of fused-ring (bicyclic) bond motifs is 5. The van der Waals surface area contributed by atoms with Crippen molar-refractivity contribution in [1.29, 1.82) is 0 Å². The highest BCUT2D eigenvalue weighted by Crippen LogP contribution is 2.66. The highest BCUT2D eigenvalue weighted by molar-refractivity contribution is 7.99. The predicted molar refractivity (Wildman–Crippen MR) is 111 cm³/mol. The van der Waals surface area contributed by atoms with Gasteiger partial charge in [0.05, 0.1) is 6.10 Å². The van der Waals surface area contributed by atoms with Gasteiger partial charge >= 0.3 is 0 Å². The maximum absolute atomic E-state index is 10.8. The van der Waals surface area contributed by atoms with Crippen molar-refractivity contribution in [3.05, 3.63) is 59.7 Å². The Morgan fingerprint density at radius 3 is 2.15 bits per heavy atom. The molecule has 0 spiro atoms. The van der Waals surface area contributed by atoms with Crippen molar-refractivity contribution in [2.45, 2.75) is 45.1 Å². The summed E-state index contributed by atoms with van der Waals surface area (Å²) in [4.78, 5) is 0.